The Morgan fingerprint density at radius 2 is 2.22 bits per heavy atom. The molecule has 0 aliphatic carbocycles. The van der Waals surface area contributed by atoms with E-state index in [1.54, 1.807) is 7.11 Å². The van der Waals surface area contributed by atoms with Crippen molar-refractivity contribution in [3.63, 3.8) is 0 Å². The molecule has 0 heterocycles. The highest BCUT2D eigenvalue weighted by Crippen LogP contribution is 2.22. The van der Waals surface area contributed by atoms with Crippen molar-refractivity contribution >= 4 is 15.9 Å². The lowest BCUT2D eigenvalue weighted by Gasteiger charge is -2.14. The van der Waals surface area contributed by atoms with Crippen LogP contribution in [0.25, 0.3) is 0 Å². The maximum atomic E-state index is 9.72. The molecular weight excluding hydrogens is 298 g/mol. The second-order valence-electron chi connectivity index (χ2n) is 4.07. The number of hydrogen-bond acceptors (Lipinski definition) is 4. The van der Waals surface area contributed by atoms with Crippen LogP contribution in [0.1, 0.15) is 5.56 Å². The predicted molar refractivity (Wildman–Crippen MR) is 75.1 cm³/mol. The third-order valence-electron chi connectivity index (χ3n) is 2.43. The van der Waals surface area contributed by atoms with E-state index in [1.807, 2.05) is 25.1 Å². The number of nitrogens with one attached hydrogen (secondary N) is 1. The van der Waals surface area contributed by atoms with Gasteiger partial charge in [0.05, 0.1) is 6.61 Å². The Labute approximate surface area is 116 Å². The summed E-state index contributed by atoms with van der Waals surface area (Å²) < 4.78 is 11.5. The van der Waals surface area contributed by atoms with Crippen molar-refractivity contribution in [3.8, 4) is 5.75 Å². The Morgan fingerprint density at radius 1 is 1.44 bits per heavy atom. The van der Waals surface area contributed by atoms with Crippen molar-refractivity contribution in [2.75, 3.05) is 33.4 Å². The molecule has 2 N–H and O–H groups in total. The molecule has 0 spiro atoms. The summed E-state index contributed by atoms with van der Waals surface area (Å²) in [4.78, 5) is 0. The SMILES string of the molecule is COCCNCC(O)COc1ccc(Br)cc1C. The molecule has 0 saturated carbocycles. The molecule has 0 aromatic heterocycles. The Morgan fingerprint density at radius 3 is 2.89 bits per heavy atom. The number of aryl methyl sites for hydroxylation is 1. The van der Waals surface area contributed by atoms with Crippen LogP contribution in [-0.2, 0) is 4.74 Å². The Bertz CT molecular complexity index is 360. The quantitative estimate of drug-likeness (QED) is 0.717. The second kappa shape index (κ2) is 8.48. The molecule has 0 aliphatic heterocycles. The third kappa shape index (κ3) is 5.82. The summed E-state index contributed by atoms with van der Waals surface area (Å²) in [6.45, 7) is 4.12. The van der Waals surface area contributed by atoms with E-state index in [2.05, 4.69) is 21.2 Å². The zero-order valence-corrected chi connectivity index (χ0v) is 12.4. The molecule has 0 amide bonds. The van der Waals surface area contributed by atoms with Crippen LogP contribution >= 0.6 is 15.9 Å². The van der Waals surface area contributed by atoms with Gasteiger partial charge in [-0.3, -0.25) is 0 Å². The van der Waals surface area contributed by atoms with Crippen LogP contribution in [0.15, 0.2) is 22.7 Å². The average Bonchev–Trinajstić information content (AvgIpc) is 2.33. The van der Waals surface area contributed by atoms with Gasteiger partial charge in [0.15, 0.2) is 0 Å². The Hall–Kier alpha value is -0.620. The lowest BCUT2D eigenvalue weighted by molar-refractivity contribution is 0.103. The molecule has 102 valence electrons. The maximum absolute atomic E-state index is 9.72. The molecule has 0 saturated heterocycles. The van der Waals surface area contributed by atoms with Crippen LogP contribution in [0.3, 0.4) is 0 Å². The molecule has 18 heavy (non-hydrogen) atoms. The van der Waals surface area contributed by atoms with Gasteiger partial charge in [0.2, 0.25) is 0 Å². The van der Waals surface area contributed by atoms with Crippen molar-refractivity contribution in [3.05, 3.63) is 28.2 Å². The fourth-order valence-corrected chi connectivity index (χ4v) is 1.94. The van der Waals surface area contributed by atoms with E-state index in [0.717, 1.165) is 22.3 Å². The number of ether oxygens (including phenoxy) is 2. The van der Waals surface area contributed by atoms with Gasteiger partial charge in [0.1, 0.15) is 18.5 Å². The first kappa shape index (κ1) is 15.4. The molecule has 0 aliphatic rings. The van der Waals surface area contributed by atoms with Gasteiger partial charge in [0, 0.05) is 24.7 Å². The van der Waals surface area contributed by atoms with Gasteiger partial charge < -0.3 is 19.9 Å². The second-order valence-corrected chi connectivity index (χ2v) is 4.99. The molecule has 1 aromatic rings. The summed E-state index contributed by atoms with van der Waals surface area (Å²) in [5.41, 5.74) is 1.05. The number of aliphatic hydroxyl groups excluding tert-OH is 1. The molecule has 0 fully saturated rings. The zero-order chi connectivity index (χ0) is 13.4. The van der Waals surface area contributed by atoms with Crippen molar-refractivity contribution in [1.82, 2.24) is 5.32 Å². The molecule has 1 rings (SSSR count). The van der Waals surface area contributed by atoms with Gasteiger partial charge in [-0.15, -0.1) is 0 Å². The van der Waals surface area contributed by atoms with Crippen molar-refractivity contribution < 1.29 is 14.6 Å². The molecule has 1 atom stereocenters. The number of methoxy groups -OCH3 is 1. The normalized spacial score (nSPS) is 12.4. The number of aliphatic hydroxyl groups is 1. The number of hydrogen-bond donors (Lipinski definition) is 2. The standard InChI is InChI=1S/C13H20BrNO3/c1-10-7-11(14)3-4-13(10)18-9-12(16)8-15-5-6-17-2/h3-4,7,12,15-16H,5-6,8-9H2,1-2H3. The van der Waals surface area contributed by atoms with E-state index in [1.165, 1.54) is 0 Å². The van der Waals surface area contributed by atoms with Crippen LogP contribution in [-0.4, -0.2) is 44.6 Å². The number of rotatable bonds is 8. The monoisotopic (exact) mass is 317 g/mol. The van der Waals surface area contributed by atoms with Crippen molar-refractivity contribution in [2.45, 2.75) is 13.0 Å². The minimum absolute atomic E-state index is 0.280. The van der Waals surface area contributed by atoms with E-state index < -0.39 is 6.10 Å². The maximum Gasteiger partial charge on any atom is 0.122 e. The minimum atomic E-state index is -0.523. The van der Waals surface area contributed by atoms with E-state index >= 15 is 0 Å². The lowest BCUT2D eigenvalue weighted by atomic mass is 10.2. The van der Waals surface area contributed by atoms with Crippen LogP contribution in [0.2, 0.25) is 0 Å². The predicted octanol–water partition coefficient (Wildman–Crippen LogP) is 1.73. The highest BCUT2D eigenvalue weighted by Gasteiger charge is 2.06. The zero-order valence-electron chi connectivity index (χ0n) is 10.8. The van der Waals surface area contributed by atoms with Gasteiger partial charge >= 0.3 is 0 Å². The number of benzene rings is 1. The van der Waals surface area contributed by atoms with Gasteiger partial charge in [-0.2, -0.15) is 0 Å². The van der Waals surface area contributed by atoms with Crippen molar-refractivity contribution in [2.24, 2.45) is 0 Å². The molecule has 5 heteroatoms. The fraction of sp³-hybridized carbons (Fsp3) is 0.538. The van der Waals surface area contributed by atoms with Crippen LogP contribution < -0.4 is 10.1 Å². The van der Waals surface area contributed by atoms with Crippen LogP contribution in [0.5, 0.6) is 5.75 Å². The number of halogens is 1. The van der Waals surface area contributed by atoms with Gasteiger partial charge in [-0.05, 0) is 30.7 Å². The molecule has 0 radical (unpaired) electrons. The highest BCUT2D eigenvalue weighted by atomic mass is 79.9. The summed E-state index contributed by atoms with van der Waals surface area (Å²) in [5.74, 6) is 0.800. The summed E-state index contributed by atoms with van der Waals surface area (Å²) in [6, 6.07) is 5.80. The summed E-state index contributed by atoms with van der Waals surface area (Å²) in [7, 11) is 1.65. The average molecular weight is 318 g/mol. The van der Waals surface area contributed by atoms with E-state index in [4.69, 9.17) is 9.47 Å². The Balaban J connectivity index is 2.27. The molecule has 1 unspecified atom stereocenters. The third-order valence-corrected chi connectivity index (χ3v) is 2.92. The summed E-state index contributed by atoms with van der Waals surface area (Å²) in [6.07, 6.45) is -0.523. The Kier molecular flexibility index (Phi) is 7.27. The van der Waals surface area contributed by atoms with Gasteiger partial charge in [-0.25, -0.2) is 0 Å². The topological polar surface area (TPSA) is 50.7 Å². The molecule has 1 aromatic carbocycles. The van der Waals surface area contributed by atoms with Gasteiger partial charge in [0.25, 0.3) is 0 Å². The highest BCUT2D eigenvalue weighted by molar-refractivity contribution is 9.10. The first-order valence-corrected chi connectivity index (χ1v) is 6.69. The molecule has 4 nitrogen and oxygen atoms in total. The first-order chi connectivity index (χ1) is 8.63. The molecular formula is C13H20BrNO3. The summed E-state index contributed by atoms with van der Waals surface area (Å²) in [5, 5.41) is 12.8. The lowest BCUT2D eigenvalue weighted by Crippen LogP contribution is -2.33. The van der Waals surface area contributed by atoms with Crippen molar-refractivity contribution in [1.29, 1.82) is 0 Å². The molecule has 0 bridgehead atoms. The minimum Gasteiger partial charge on any atom is -0.491 e. The largest absolute Gasteiger partial charge is 0.491 e. The summed E-state index contributed by atoms with van der Waals surface area (Å²) >= 11 is 3.40. The van der Waals surface area contributed by atoms with E-state index in [0.29, 0.717) is 13.2 Å². The van der Waals surface area contributed by atoms with Gasteiger partial charge in [-0.1, -0.05) is 15.9 Å². The van der Waals surface area contributed by atoms with E-state index in [9.17, 15) is 5.11 Å². The van der Waals surface area contributed by atoms with Crippen LogP contribution in [0, 0.1) is 6.92 Å². The first-order valence-electron chi connectivity index (χ1n) is 5.90. The fourth-order valence-electron chi connectivity index (χ4n) is 1.46. The smallest absolute Gasteiger partial charge is 0.122 e. The van der Waals surface area contributed by atoms with E-state index in [-0.39, 0.29) is 6.61 Å². The van der Waals surface area contributed by atoms with Crippen LogP contribution in [0.4, 0.5) is 0 Å².